The van der Waals surface area contributed by atoms with E-state index in [2.05, 4.69) is 0 Å². The Morgan fingerprint density at radius 3 is 1.50 bits per heavy atom. The number of carbonyl (C=O) groups is 1. The zero-order chi connectivity index (χ0) is 16.1. The van der Waals surface area contributed by atoms with Crippen molar-refractivity contribution in [3.8, 4) is 0 Å². The minimum absolute atomic E-state index is 0. The second kappa shape index (κ2) is 8.15. The first-order chi connectivity index (χ1) is 11.2. The van der Waals surface area contributed by atoms with Crippen molar-refractivity contribution in [1.29, 1.82) is 0 Å². The first-order valence-electron chi connectivity index (χ1n) is 7.42. The topological polar surface area (TPSA) is 37.3 Å². The molecule has 0 fully saturated rings. The van der Waals surface area contributed by atoms with Crippen molar-refractivity contribution in [2.45, 2.75) is 9.79 Å². The monoisotopic (exact) mass is 358 g/mol. The van der Waals surface area contributed by atoms with E-state index in [9.17, 15) is 9.35 Å². The summed E-state index contributed by atoms with van der Waals surface area (Å²) in [5.74, 6) is 0.0428. The number of hydrogen-bond acceptors (Lipinski definition) is 2. The summed E-state index contributed by atoms with van der Waals surface area (Å²) in [6, 6.07) is 28.1. The Labute approximate surface area is 150 Å². The molecule has 2 nitrogen and oxygen atoms in total. The third-order valence-electron chi connectivity index (χ3n) is 3.70. The van der Waals surface area contributed by atoms with Gasteiger partial charge >= 0.3 is 0 Å². The molecular weight excluding hydrogens is 340 g/mol. The van der Waals surface area contributed by atoms with E-state index in [4.69, 9.17) is 0 Å². The first kappa shape index (κ1) is 18.3. The van der Waals surface area contributed by atoms with Crippen molar-refractivity contribution in [3.05, 3.63) is 96.6 Å². The SMILES string of the molecule is Cl.O=C(CS(O)(c1ccccc1)c1ccccc1)c1ccccc1. The van der Waals surface area contributed by atoms with Crippen molar-refractivity contribution in [2.24, 2.45) is 0 Å². The van der Waals surface area contributed by atoms with Crippen LogP contribution in [0.25, 0.3) is 0 Å². The Morgan fingerprint density at radius 1 is 0.708 bits per heavy atom. The molecule has 0 heterocycles. The molecule has 0 radical (unpaired) electrons. The van der Waals surface area contributed by atoms with Crippen LogP contribution in [0, 0.1) is 0 Å². The molecule has 3 aromatic rings. The van der Waals surface area contributed by atoms with Gasteiger partial charge in [-0.25, -0.2) is 0 Å². The van der Waals surface area contributed by atoms with Gasteiger partial charge in [-0.15, -0.1) is 12.4 Å². The third kappa shape index (κ3) is 3.88. The summed E-state index contributed by atoms with van der Waals surface area (Å²) in [7, 11) is -2.39. The molecule has 0 aliphatic rings. The molecule has 0 atom stereocenters. The maximum atomic E-state index is 12.7. The van der Waals surface area contributed by atoms with Gasteiger partial charge in [0.2, 0.25) is 0 Å². The molecule has 0 unspecified atom stereocenters. The van der Waals surface area contributed by atoms with Gasteiger partial charge in [-0.1, -0.05) is 77.0 Å². The Balaban J connectivity index is 0.00000208. The number of carbonyl (C=O) groups excluding carboxylic acids is 1. The lowest BCUT2D eigenvalue weighted by molar-refractivity contribution is 0.102. The Bertz CT molecular complexity index is 737. The highest BCUT2D eigenvalue weighted by molar-refractivity contribution is 8.29. The molecule has 24 heavy (non-hydrogen) atoms. The maximum absolute atomic E-state index is 12.7. The zero-order valence-corrected chi connectivity index (χ0v) is 14.7. The highest BCUT2D eigenvalue weighted by atomic mass is 35.5. The average molecular weight is 359 g/mol. The van der Waals surface area contributed by atoms with Crippen molar-refractivity contribution >= 4 is 28.5 Å². The largest absolute Gasteiger partial charge is 0.342 e. The lowest BCUT2D eigenvalue weighted by Gasteiger charge is -2.34. The second-order valence-corrected chi connectivity index (χ2v) is 7.90. The van der Waals surface area contributed by atoms with Crippen LogP contribution in [0.1, 0.15) is 10.4 Å². The molecule has 3 aromatic carbocycles. The maximum Gasteiger partial charge on any atom is 0.173 e. The van der Waals surface area contributed by atoms with E-state index in [0.29, 0.717) is 5.56 Å². The average Bonchev–Trinajstić information content (AvgIpc) is 2.64. The van der Waals surface area contributed by atoms with E-state index in [1.165, 1.54) is 0 Å². The molecular formula is C20H19ClO2S. The lowest BCUT2D eigenvalue weighted by atomic mass is 10.2. The van der Waals surface area contributed by atoms with Crippen LogP contribution >= 0.6 is 22.7 Å². The van der Waals surface area contributed by atoms with E-state index < -0.39 is 10.3 Å². The van der Waals surface area contributed by atoms with Gasteiger partial charge in [0.15, 0.2) is 5.78 Å². The van der Waals surface area contributed by atoms with E-state index in [-0.39, 0.29) is 23.9 Å². The highest BCUT2D eigenvalue weighted by Gasteiger charge is 2.29. The predicted molar refractivity (Wildman–Crippen MR) is 103 cm³/mol. The van der Waals surface area contributed by atoms with Crippen molar-refractivity contribution < 1.29 is 9.35 Å². The van der Waals surface area contributed by atoms with Crippen molar-refractivity contribution in [2.75, 3.05) is 5.75 Å². The van der Waals surface area contributed by atoms with E-state index in [0.717, 1.165) is 9.79 Å². The quantitative estimate of drug-likeness (QED) is 0.595. The Morgan fingerprint density at radius 2 is 1.08 bits per heavy atom. The van der Waals surface area contributed by atoms with Crippen LogP contribution in [-0.4, -0.2) is 16.1 Å². The molecule has 3 rings (SSSR count). The number of rotatable bonds is 5. The number of ketones is 1. The second-order valence-electron chi connectivity index (χ2n) is 5.26. The number of Topliss-reactive ketones (excluding diaryl/α,β-unsaturated/α-hetero) is 1. The van der Waals surface area contributed by atoms with Crippen molar-refractivity contribution in [3.63, 3.8) is 0 Å². The fourth-order valence-corrected chi connectivity index (χ4v) is 4.86. The van der Waals surface area contributed by atoms with Gasteiger partial charge in [-0.3, -0.25) is 4.79 Å². The van der Waals surface area contributed by atoms with Crippen molar-refractivity contribution in [1.82, 2.24) is 0 Å². The van der Waals surface area contributed by atoms with Crippen LogP contribution in [0.5, 0.6) is 0 Å². The fraction of sp³-hybridized carbons (Fsp3) is 0.0500. The lowest BCUT2D eigenvalue weighted by Crippen LogP contribution is -2.15. The molecule has 0 spiro atoms. The van der Waals surface area contributed by atoms with Gasteiger partial charge in [0.1, 0.15) is 0 Å². The number of hydrogen-bond donors (Lipinski definition) is 1. The Hall–Kier alpha value is -2.07. The predicted octanol–water partition coefficient (Wildman–Crippen LogP) is 5.69. The summed E-state index contributed by atoms with van der Waals surface area (Å²) in [5.41, 5.74) is 0.630. The van der Waals surface area contributed by atoms with E-state index >= 15 is 0 Å². The minimum Gasteiger partial charge on any atom is -0.342 e. The smallest absolute Gasteiger partial charge is 0.173 e. The molecule has 0 aromatic heterocycles. The number of halogens is 1. The van der Waals surface area contributed by atoms with Crippen LogP contribution in [0.4, 0.5) is 0 Å². The summed E-state index contributed by atoms with van der Waals surface area (Å²) in [6.07, 6.45) is 0. The van der Waals surface area contributed by atoms with Crippen LogP contribution < -0.4 is 0 Å². The highest BCUT2D eigenvalue weighted by Crippen LogP contribution is 2.59. The van der Waals surface area contributed by atoms with E-state index in [1.807, 2.05) is 78.9 Å². The van der Waals surface area contributed by atoms with Gasteiger partial charge in [-0.05, 0) is 24.3 Å². The van der Waals surface area contributed by atoms with Crippen LogP contribution in [0.3, 0.4) is 0 Å². The summed E-state index contributed by atoms with van der Waals surface area (Å²) >= 11 is 0. The third-order valence-corrected chi connectivity index (χ3v) is 6.49. The Kier molecular flexibility index (Phi) is 6.21. The van der Waals surface area contributed by atoms with Crippen LogP contribution in [0.15, 0.2) is 101 Å². The number of benzene rings is 3. The molecule has 1 N–H and O–H groups in total. The molecule has 4 heteroatoms. The minimum atomic E-state index is -2.39. The molecule has 0 saturated heterocycles. The summed E-state index contributed by atoms with van der Waals surface area (Å²) < 4.78 is 11.4. The molecule has 0 aliphatic heterocycles. The van der Waals surface area contributed by atoms with Gasteiger partial charge < -0.3 is 4.55 Å². The zero-order valence-electron chi connectivity index (χ0n) is 13.0. The summed E-state index contributed by atoms with van der Waals surface area (Å²) in [5, 5.41) is 0. The normalized spacial score (nSPS) is 11.4. The molecule has 124 valence electrons. The fourth-order valence-electron chi connectivity index (χ4n) is 2.49. The summed E-state index contributed by atoms with van der Waals surface area (Å²) in [6.45, 7) is 0. The molecule has 0 bridgehead atoms. The van der Waals surface area contributed by atoms with E-state index in [1.54, 1.807) is 12.1 Å². The van der Waals surface area contributed by atoms with Gasteiger partial charge in [0.05, 0.1) is 5.75 Å². The van der Waals surface area contributed by atoms with Gasteiger partial charge in [0.25, 0.3) is 0 Å². The molecule has 0 amide bonds. The first-order valence-corrected chi connectivity index (χ1v) is 9.18. The van der Waals surface area contributed by atoms with Gasteiger partial charge in [-0.2, -0.15) is 0 Å². The van der Waals surface area contributed by atoms with Crippen LogP contribution in [0.2, 0.25) is 0 Å². The van der Waals surface area contributed by atoms with Gasteiger partial charge in [0, 0.05) is 15.4 Å². The molecule has 0 aliphatic carbocycles. The summed E-state index contributed by atoms with van der Waals surface area (Å²) in [4.78, 5) is 14.3. The van der Waals surface area contributed by atoms with Crippen LogP contribution in [-0.2, 0) is 0 Å². The molecule has 0 saturated carbocycles. The standard InChI is InChI=1S/C20H18O2S.ClH/c21-20(17-10-4-1-5-11-17)16-23(22,18-12-6-2-7-13-18)19-14-8-3-9-15-19;/h1-15,22H,16H2;1H.